The standard InChI is InChI=1S/C13H8ClN3O3/c14-8-2-4-12(18)11(6-8)17-15-9-3-1-7(13(19)20)5-10(9)16-17/h1-6,18H,(H,19,20). The third-order valence-corrected chi connectivity index (χ3v) is 3.02. The number of phenolic OH excluding ortho intramolecular Hbond substituents is 1. The average Bonchev–Trinajstić information content (AvgIpc) is 2.83. The number of nitrogens with zero attached hydrogens (tertiary/aromatic N) is 3. The molecule has 0 saturated heterocycles. The molecule has 0 unspecified atom stereocenters. The number of phenols is 1. The van der Waals surface area contributed by atoms with E-state index in [1.54, 1.807) is 12.1 Å². The van der Waals surface area contributed by atoms with Gasteiger partial charge in [-0.3, -0.25) is 0 Å². The number of carboxylic acid groups (broad SMARTS) is 1. The molecule has 0 spiro atoms. The Kier molecular flexibility index (Phi) is 2.80. The van der Waals surface area contributed by atoms with Crippen LogP contribution in [0.5, 0.6) is 5.75 Å². The molecular formula is C13H8ClN3O3. The lowest BCUT2D eigenvalue weighted by molar-refractivity contribution is 0.0697. The van der Waals surface area contributed by atoms with E-state index in [0.29, 0.717) is 21.7 Å². The molecule has 0 amide bonds. The van der Waals surface area contributed by atoms with Gasteiger partial charge in [0.25, 0.3) is 0 Å². The first-order valence-electron chi connectivity index (χ1n) is 5.64. The van der Waals surface area contributed by atoms with Crippen molar-refractivity contribution in [1.82, 2.24) is 15.0 Å². The van der Waals surface area contributed by atoms with Gasteiger partial charge in [0.15, 0.2) is 0 Å². The van der Waals surface area contributed by atoms with Crippen LogP contribution in [0.2, 0.25) is 5.02 Å². The second-order valence-electron chi connectivity index (χ2n) is 4.13. The summed E-state index contributed by atoms with van der Waals surface area (Å²) in [5, 5.41) is 27.5. The summed E-state index contributed by atoms with van der Waals surface area (Å²) in [6, 6.07) is 8.93. The molecule has 1 aromatic heterocycles. The smallest absolute Gasteiger partial charge is 0.335 e. The van der Waals surface area contributed by atoms with Crippen LogP contribution in [0.15, 0.2) is 36.4 Å². The van der Waals surface area contributed by atoms with Crippen LogP contribution in [-0.2, 0) is 0 Å². The number of carbonyl (C=O) groups is 1. The molecular weight excluding hydrogens is 282 g/mol. The highest BCUT2D eigenvalue weighted by Crippen LogP contribution is 2.25. The van der Waals surface area contributed by atoms with Crippen LogP contribution in [0.1, 0.15) is 10.4 Å². The van der Waals surface area contributed by atoms with Crippen LogP contribution in [0, 0.1) is 0 Å². The Morgan fingerprint density at radius 2 is 1.85 bits per heavy atom. The third kappa shape index (κ3) is 2.06. The molecule has 2 aromatic carbocycles. The Hall–Kier alpha value is -2.60. The van der Waals surface area contributed by atoms with Gasteiger partial charge in [-0.25, -0.2) is 4.79 Å². The van der Waals surface area contributed by atoms with Crippen LogP contribution in [0.4, 0.5) is 0 Å². The molecule has 3 rings (SSSR count). The molecule has 1 heterocycles. The molecule has 0 bridgehead atoms. The van der Waals surface area contributed by atoms with Gasteiger partial charge in [-0.15, -0.1) is 15.0 Å². The highest BCUT2D eigenvalue weighted by Gasteiger charge is 2.11. The lowest BCUT2D eigenvalue weighted by atomic mass is 10.2. The summed E-state index contributed by atoms with van der Waals surface area (Å²) in [5.41, 5.74) is 1.39. The molecule has 7 heteroatoms. The van der Waals surface area contributed by atoms with E-state index in [-0.39, 0.29) is 11.3 Å². The van der Waals surface area contributed by atoms with E-state index in [4.69, 9.17) is 16.7 Å². The zero-order valence-corrected chi connectivity index (χ0v) is 10.7. The topological polar surface area (TPSA) is 88.2 Å². The quantitative estimate of drug-likeness (QED) is 0.756. The summed E-state index contributed by atoms with van der Waals surface area (Å²) in [6.45, 7) is 0. The maximum absolute atomic E-state index is 10.9. The van der Waals surface area contributed by atoms with Crippen LogP contribution < -0.4 is 0 Å². The van der Waals surface area contributed by atoms with Crippen LogP contribution in [0.3, 0.4) is 0 Å². The van der Waals surface area contributed by atoms with Crippen molar-refractivity contribution in [2.24, 2.45) is 0 Å². The first-order chi connectivity index (χ1) is 9.54. The minimum Gasteiger partial charge on any atom is -0.506 e. The van der Waals surface area contributed by atoms with Crippen molar-refractivity contribution in [3.05, 3.63) is 47.0 Å². The molecule has 0 fully saturated rings. The van der Waals surface area contributed by atoms with Gasteiger partial charge in [-0.1, -0.05) is 11.6 Å². The number of carboxylic acids is 1. The molecule has 0 aliphatic rings. The number of halogens is 1. The molecule has 100 valence electrons. The van der Waals surface area contributed by atoms with Crippen LogP contribution in [-0.4, -0.2) is 31.2 Å². The Labute approximate surface area is 117 Å². The first-order valence-corrected chi connectivity index (χ1v) is 6.02. The number of aromatic hydroxyl groups is 1. The second-order valence-corrected chi connectivity index (χ2v) is 4.57. The molecule has 0 atom stereocenters. The molecule has 0 aliphatic carbocycles. The maximum Gasteiger partial charge on any atom is 0.335 e. The van der Waals surface area contributed by atoms with Crippen molar-refractivity contribution < 1.29 is 15.0 Å². The molecule has 2 N–H and O–H groups in total. The van der Waals surface area contributed by atoms with Crippen molar-refractivity contribution >= 4 is 28.6 Å². The van der Waals surface area contributed by atoms with E-state index in [1.165, 1.54) is 29.1 Å². The number of hydrogen-bond donors (Lipinski definition) is 2. The van der Waals surface area contributed by atoms with Crippen LogP contribution in [0.25, 0.3) is 16.7 Å². The highest BCUT2D eigenvalue weighted by molar-refractivity contribution is 6.30. The van der Waals surface area contributed by atoms with Gasteiger partial charge < -0.3 is 10.2 Å². The van der Waals surface area contributed by atoms with Gasteiger partial charge in [0, 0.05) is 5.02 Å². The van der Waals surface area contributed by atoms with Gasteiger partial charge in [0.1, 0.15) is 22.5 Å². The largest absolute Gasteiger partial charge is 0.506 e. The summed E-state index contributed by atoms with van der Waals surface area (Å²) < 4.78 is 0. The number of fused-ring (bicyclic) bond motifs is 1. The summed E-state index contributed by atoms with van der Waals surface area (Å²) in [6.07, 6.45) is 0. The molecule has 20 heavy (non-hydrogen) atoms. The Morgan fingerprint density at radius 3 is 2.60 bits per heavy atom. The van der Waals surface area contributed by atoms with Crippen molar-refractivity contribution in [3.8, 4) is 11.4 Å². The van der Waals surface area contributed by atoms with E-state index in [9.17, 15) is 9.90 Å². The Bertz CT molecular complexity index is 829. The predicted octanol–water partition coefficient (Wildman–Crippen LogP) is 2.48. The lowest BCUT2D eigenvalue weighted by Gasteiger charge is -2.02. The SMILES string of the molecule is O=C(O)c1ccc2nn(-c3cc(Cl)ccc3O)nc2c1. The highest BCUT2D eigenvalue weighted by atomic mass is 35.5. The average molecular weight is 290 g/mol. The van der Waals surface area contributed by atoms with Gasteiger partial charge in [-0.2, -0.15) is 0 Å². The number of aromatic nitrogens is 3. The number of rotatable bonds is 2. The minimum absolute atomic E-state index is 0.0202. The number of benzene rings is 2. The fourth-order valence-corrected chi connectivity index (χ4v) is 1.98. The van der Waals surface area contributed by atoms with E-state index >= 15 is 0 Å². The van der Waals surface area contributed by atoms with Gasteiger partial charge in [0.05, 0.1) is 5.56 Å². The molecule has 0 saturated carbocycles. The molecule has 0 aliphatic heterocycles. The Balaban J connectivity index is 2.17. The van der Waals surface area contributed by atoms with E-state index in [0.717, 1.165) is 0 Å². The van der Waals surface area contributed by atoms with E-state index in [1.807, 2.05) is 0 Å². The van der Waals surface area contributed by atoms with E-state index in [2.05, 4.69) is 10.2 Å². The van der Waals surface area contributed by atoms with Gasteiger partial charge in [0.2, 0.25) is 0 Å². The van der Waals surface area contributed by atoms with Crippen molar-refractivity contribution in [3.63, 3.8) is 0 Å². The van der Waals surface area contributed by atoms with Crippen LogP contribution >= 0.6 is 11.6 Å². The molecule has 6 nitrogen and oxygen atoms in total. The van der Waals surface area contributed by atoms with E-state index < -0.39 is 5.97 Å². The molecule has 3 aromatic rings. The fraction of sp³-hybridized carbons (Fsp3) is 0. The maximum atomic E-state index is 10.9. The third-order valence-electron chi connectivity index (χ3n) is 2.78. The van der Waals surface area contributed by atoms with Crippen molar-refractivity contribution in [1.29, 1.82) is 0 Å². The van der Waals surface area contributed by atoms with Gasteiger partial charge in [-0.05, 0) is 36.4 Å². The van der Waals surface area contributed by atoms with Crippen molar-refractivity contribution in [2.45, 2.75) is 0 Å². The lowest BCUT2D eigenvalue weighted by Crippen LogP contribution is -1.98. The normalized spacial score (nSPS) is 10.8. The number of aromatic carboxylic acids is 1. The minimum atomic E-state index is -1.04. The van der Waals surface area contributed by atoms with Crippen molar-refractivity contribution in [2.75, 3.05) is 0 Å². The second kappa shape index (κ2) is 4.50. The fourth-order valence-electron chi connectivity index (χ4n) is 1.81. The summed E-state index contributed by atoms with van der Waals surface area (Å²) in [7, 11) is 0. The zero-order chi connectivity index (χ0) is 14.3. The van der Waals surface area contributed by atoms with Gasteiger partial charge >= 0.3 is 5.97 Å². The Morgan fingerprint density at radius 1 is 1.10 bits per heavy atom. The number of hydrogen-bond acceptors (Lipinski definition) is 4. The summed E-state index contributed by atoms with van der Waals surface area (Å²) in [4.78, 5) is 12.1. The molecule has 0 radical (unpaired) electrons. The zero-order valence-electron chi connectivity index (χ0n) is 9.99. The first kappa shape index (κ1) is 12.4. The predicted molar refractivity (Wildman–Crippen MR) is 72.5 cm³/mol. The summed E-state index contributed by atoms with van der Waals surface area (Å²) in [5.74, 6) is -1.06. The monoisotopic (exact) mass is 289 g/mol. The summed E-state index contributed by atoms with van der Waals surface area (Å²) >= 11 is 5.87.